The number of benzene rings is 2. The number of nitrogens with one attached hydrogen (secondary N) is 4. The normalized spacial score (nSPS) is 10.6. The summed E-state index contributed by atoms with van der Waals surface area (Å²) in [6.45, 7) is 6.78. The molecule has 2 aromatic rings. The van der Waals surface area contributed by atoms with Crippen molar-refractivity contribution >= 4 is 40.9 Å². The van der Waals surface area contributed by atoms with Crippen molar-refractivity contribution < 1.29 is 23.9 Å². The summed E-state index contributed by atoms with van der Waals surface area (Å²) in [6, 6.07) is 13.2. The fourth-order valence-electron chi connectivity index (χ4n) is 2.64. The van der Waals surface area contributed by atoms with Gasteiger partial charge in [-0.15, -0.1) is 0 Å². The average molecular weight is 441 g/mol. The molecule has 2 rings (SSSR count). The van der Waals surface area contributed by atoms with Crippen molar-refractivity contribution in [1.29, 1.82) is 0 Å². The number of carbonyl (C=O) groups is 4. The molecule has 170 valence electrons. The van der Waals surface area contributed by atoms with Gasteiger partial charge in [0.2, 0.25) is 11.8 Å². The second kappa shape index (κ2) is 10.9. The van der Waals surface area contributed by atoms with Gasteiger partial charge in [0.15, 0.2) is 0 Å². The zero-order valence-electron chi connectivity index (χ0n) is 18.6. The molecule has 0 aliphatic carbocycles. The van der Waals surface area contributed by atoms with Gasteiger partial charge in [-0.2, -0.15) is 0 Å². The van der Waals surface area contributed by atoms with Crippen LogP contribution in [0.5, 0.6) is 0 Å². The molecule has 4 N–H and O–H groups in total. The minimum Gasteiger partial charge on any atom is -0.444 e. The van der Waals surface area contributed by atoms with Crippen LogP contribution in [-0.4, -0.2) is 36.0 Å². The third-order valence-corrected chi connectivity index (χ3v) is 3.87. The van der Waals surface area contributed by atoms with E-state index in [1.165, 1.54) is 6.92 Å². The Hall–Kier alpha value is -3.88. The van der Waals surface area contributed by atoms with Crippen LogP contribution >= 0.6 is 0 Å². The number of ether oxygens (including phenoxy) is 1. The van der Waals surface area contributed by atoms with E-state index in [9.17, 15) is 19.2 Å². The van der Waals surface area contributed by atoms with Crippen LogP contribution in [0.1, 0.15) is 44.5 Å². The molecule has 0 spiro atoms. The highest BCUT2D eigenvalue weighted by atomic mass is 16.6. The van der Waals surface area contributed by atoms with Crippen LogP contribution in [0.3, 0.4) is 0 Å². The Balaban J connectivity index is 1.89. The van der Waals surface area contributed by atoms with Crippen LogP contribution in [0, 0.1) is 0 Å². The predicted octanol–water partition coefficient (Wildman–Crippen LogP) is 3.75. The Morgan fingerprint density at radius 2 is 1.44 bits per heavy atom. The van der Waals surface area contributed by atoms with Gasteiger partial charge in [0, 0.05) is 42.5 Å². The van der Waals surface area contributed by atoms with Crippen molar-refractivity contribution in [1.82, 2.24) is 5.32 Å². The molecule has 0 atom stereocenters. The Kier molecular flexibility index (Phi) is 8.34. The minimum atomic E-state index is -0.609. The number of alkyl carbamates (subject to hydrolysis) is 1. The van der Waals surface area contributed by atoms with E-state index in [-0.39, 0.29) is 30.7 Å². The molecule has 0 fully saturated rings. The Morgan fingerprint density at radius 1 is 0.844 bits per heavy atom. The summed E-state index contributed by atoms with van der Waals surface area (Å²) in [5.74, 6) is -0.887. The lowest BCUT2D eigenvalue weighted by atomic mass is 10.1. The third kappa shape index (κ3) is 8.86. The summed E-state index contributed by atoms with van der Waals surface area (Å²) in [4.78, 5) is 47.5. The highest BCUT2D eigenvalue weighted by molar-refractivity contribution is 6.05. The van der Waals surface area contributed by atoms with E-state index < -0.39 is 11.7 Å². The van der Waals surface area contributed by atoms with Crippen LogP contribution in [0.25, 0.3) is 0 Å². The lowest BCUT2D eigenvalue weighted by Crippen LogP contribution is -2.34. The summed E-state index contributed by atoms with van der Waals surface area (Å²) in [6.07, 6.45) is -0.524. The molecule has 0 bridgehead atoms. The number of anilines is 3. The number of amides is 4. The van der Waals surface area contributed by atoms with Crippen molar-refractivity contribution in [2.75, 3.05) is 22.5 Å². The number of rotatable bonds is 7. The van der Waals surface area contributed by atoms with Gasteiger partial charge in [-0.25, -0.2) is 4.79 Å². The molecule has 0 unspecified atom stereocenters. The van der Waals surface area contributed by atoms with E-state index >= 15 is 0 Å². The second-order valence-corrected chi connectivity index (χ2v) is 8.02. The molecule has 0 aliphatic rings. The molecule has 9 nitrogen and oxygen atoms in total. The maximum Gasteiger partial charge on any atom is 0.407 e. The van der Waals surface area contributed by atoms with E-state index in [0.717, 1.165) is 0 Å². The van der Waals surface area contributed by atoms with Gasteiger partial charge in [-0.05, 0) is 57.2 Å². The fraction of sp³-hybridized carbons (Fsp3) is 0.304. The standard InChI is InChI=1S/C23H28N4O5/c1-15(28)25-17-8-5-7-16(13-17)21(30)27-19-10-6-9-18(14-19)26-20(29)11-12-24-22(31)32-23(2,3)4/h5-10,13-14H,11-12H2,1-4H3,(H,24,31)(H,25,28)(H,26,29)(H,27,30). The van der Waals surface area contributed by atoms with E-state index in [2.05, 4.69) is 21.3 Å². The molecule has 0 aliphatic heterocycles. The molecule has 4 amide bonds. The maximum atomic E-state index is 12.5. The molecule has 0 saturated carbocycles. The third-order valence-electron chi connectivity index (χ3n) is 3.87. The number of carbonyl (C=O) groups excluding carboxylic acids is 4. The van der Waals surface area contributed by atoms with Gasteiger partial charge in [0.05, 0.1) is 0 Å². The van der Waals surface area contributed by atoms with Gasteiger partial charge in [-0.3, -0.25) is 14.4 Å². The van der Waals surface area contributed by atoms with Crippen LogP contribution in [0.4, 0.5) is 21.9 Å². The first-order valence-corrected chi connectivity index (χ1v) is 10.1. The zero-order valence-corrected chi connectivity index (χ0v) is 18.6. The van der Waals surface area contributed by atoms with Gasteiger partial charge in [0.1, 0.15) is 5.60 Å². The lowest BCUT2D eigenvalue weighted by Gasteiger charge is -2.19. The van der Waals surface area contributed by atoms with Crippen LogP contribution in [0.15, 0.2) is 48.5 Å². The summed E-state index contributed by atoms with van der Waals surface area (Å²) < 4.78 is 5.11. The minimum absolute atomic E-state index is 0.0613. The summed E-state index contributed by atoms with van der Waals surface area (Å²) >= 11 is 0. The topological polar surface area (TPSA) is 126 Å². The van der Waals surface area contributed by atoms with Crippen LogP contribution < -0.4 is 21.3 Å². The van der Waals surface area contributed by atoms with E-state index in [1.54, 1.807) is 69.3 Å². The Bertz CT molecular complexity index is 998. The first kappa shape index (κ1) is 24.4. The van der Waals surface area contributed by atoms with Gasteiger partial charge in [0.25, 0.3) is 5.91 Å². The highest BCUT2D eigenvalue weighted by Crippen LogP contribution is 2.18. The smallest absolute Gasteiger partial charge is 0.407 e. The first-order chi connectivity index (χ1) is 15.0. The molecule has 0 saturated heterocycles. The lowest BCUT2D eigenvalue weighted by molar-refractivity contribution is -0.116. The molecule has 0 heterocycles. The van der Waals surface area contributed by atoms with Crippen LogP contribution in [0.2, 0.25) is 0 Å². The van der Waals surface area contributed by atoms with Crippen molar-refractivity contribution in [3.05, 3.63) is 54.1 Å². The van der Waals surface area contributed by atoms with Gasteiger partial charge < -0.3 is 26.0 Å². The fourth-order valence-corrected chi connectivity index (χ4v) is 2.64. The largest absolute Gasteiger partial charge is 0.444 e. The first-order valence-electron chi connectivity index (χ1n) is 10.1. The van der Waals surface area contributed by atoms with Crippen molar-refractivity contribution in [2.24, 2.45) is 0 Å². The molecular formula is C23H28N4O5. The molecule has 2 aromatic carbocycles. The number of hydrogen-bond acceptors (Lipinski definition) is 5. The summed E-state index contributed by atoms with van der Waals surface area (Å²) in [5, 5.41) is 10.6. The molecule has 9 heteroatoms. The highest BCUT2D eigenvalue weighted by Gasteiger charge is 2.16. The Labute approximate surface area is 186 Å². The van der Waals surface area contributed by atoms with Crippen molar-refractivity contribution in [3.63, 3.8) is 0 Å². The number of hydrogen-bond donors (Lipinski definition) is 4. The van der Waals surface area contributed by atoms with E-state index in [4.69, 9.17) is 4.74 Å². The van der Waals surface area contributed by atoms with Crippen molar-refractivity contribution in [2.45, 2.75) is 39.7 Å². The molecule has 0 aromatic heterocycles. The average Bonchev–Trinajstić information content (AvgIpc) is 2.66. The second-order valence-electron chi connectivity index (χ2n) is 8.02. The summed E-state index contributed by atoms with van der Waals surface area (Å²) in [5.41, 5.74) is 1.27. The Morgan fingerprint density at radius 3 is 2.06 bits per heavy atom. The SMILES string of the molecule is CC(=O)Nc1cccc(C(=O)Nc2cccc(NC(=O)CCNC(=O)OC(C)(C)C)c2)c1. The molecule has 0 radical (unpaired) electrons. The zero-order chi connectivity index (χ0) is 23.7. The van der Waals surface area contributed by atoms with Crippen molar-refractivity contribution in [3.8, 4) is 0 Å². The monoisotopic (exact) mass is 440 g/mol. The van der Waals surface area contributed by atoms with E-state index in [0.29, 0.717) is 22.6 Å². The van der Waals surface area contributed by atoms with Crippen LogP contribution in [-0.2, 0) is 14.3 Å². The maximum absolute atomic E-state index is 12.5. The molecule has 32 heavy (non-hydrogen) atoms. The molecular weight excluding hydrogens is 412 g/mol. The quantitative estimate of drug-likeness (QED) is 0.522. The van der Waals surface area contributed by atoms with Gasteiger partial charge >= 0.3 is 6.09 Å². The predicted molar refractivity (Wildman–Crippen MR) is 123 cm³/mol. The van der Waals surface area contributed by atoms with Gasteiger partial charge in [-0.1, -0.05) is 12.1 Å². The van der Waals surface area contributed by atoms with E-state index in [1.807, 2.05) is 0 Å². The summed E-state index contributed by atoms with van der Waals surface area (Å²) in [7, 11) is 0.